The minimum Gasteiger partial charge on any atom is -0.489 e. The summed E-state index contributed by atoms with van der Waals surface area (Å²) in [5, 5.41) is 3.79. The van der Waals surface area contributed by atoms with Crippen LogP contribution < -0.4 is 10.1 Å². The second kappa shape index (κ2) is 6.14. The molecule has 1 aromatic heterocycles. The van der Waals surface area contributed by atoms with Crippen molar-refractivity contribution in [3.05, 3.63) is 70.0 Å². The van der Waals surface area contributed by atoms with Crippen molar-refractivity contribution in [3.63, 3.8) is 0 Å². The van der Waals surface area contributed by atoms with Crippen LogP contribution in [0.1, 0.15) is 40.6 Å². The number of hydrogen-bond acceptors (Lipinski definition) is 3. The Kier molecular flexibility index (Phi) is 3.97. The Morgan fingerprint density at radius 1 is 1.33 bits per heavy atom. The Labute approximate surface area is 147 Å². The summed E-state index contributed by atoms with van der Waals surface area (Å²) in [5.74, 6) is 2.00. The number of fused-ring (bicyclic) bond motifs is 3. The molecule has 1 aliphatic carbocycles. The first-order valence-electron chi connectivity index (χ1n) is 8.52. The topological polar surface area (TPSA) is 21.3 Å². The molecule has 24 heavy (non-hydrogen) atoms. The fourth-order valence-electron chi connectivity index (χ4n) is 3.77. The molecule has 0 radical (unpaired) electrons. The molecule has 0 spiro atoms. The minimum absolute atomic E-state index is 0.401. The van der Waals surface area contributed by atoms with Crippen LogP contribution in [0.15, 0.2) is 54.6 Å². The van der Waals surface area contributed by atoms with E-state index in [2.05, 4.69) is 61.3 Å². The van der Waals surface area contributed by atoms with Gasteiger partial charge in [-0.3, -0.25) is 0 Å². The second-order valence-corrected chi connectivity index (χ2v) is 8.24. The third-order valence-corrected chi connectivity index (χ3v) is 5.97. The van der Waals surface area contributed by atoms with Gasteiger partial charge in [-0.15, -0.1) is 11.3 Å². The molecule has 1 aliphatic heterocycles. The number of rotatable bonds is 4. The molecule has 0 bridgehead atoms. The average molecular weight is 337 g/mol. The summed E-state index contributed by atoms with van der Waals surface area (Å²) in [6.07, 6.45) is 5.84. The van der Waals surface area contributed by atoms with Crippen LogP contribution in [-0.2, 0) is 0 Å². The highest BCUT2D eigenvalue weighted by Gasteiger charge is 2.38. The molecular weight excluding hydrogens is 314 g/mol. The van der Waals surface area contributed by atoms with Gasteiger partial charge < -0.3 is 10.1 Å². The summed E-state index contributed by atoms with van der Waals surface area (Å²) >= 11 is 1.91. The second-order valence-electron chi connectivity index (χ2n) is 6.92. The monoisotopic (exact) mass is 337 g/mol. The predicted molar refractivity (Wildman–Crippen MR) is 102 cm³/mol. The zero-order valence-corrected chi connectivity index (χ0v) is 15.0. The summed E-state index contributed by atoms with van der Waals surface area (Å²) in [6.45, 7) is 8.66. The first kappa shape index (κ1) is 15.5. The molecule has 2 heterocycles. The van der Waals surface area contributed by atoms with Crippen molar-refractivity contribution >= 4 is 17.0 Å². The Morgan fingerprint density at radius 3 is 2.96 bits per heavy atom. The van der Waals surface area contributed by atoms with Gasteiger partial charge in [-0.1, -0.05) is 18.7 Å². The van der Waals surface area contributed by atoms with Gasteiger partial charge in [-0.25, -0.2) is 0 Å². The van der Waals surface area contributed by atoms with Crippen molar-refractivity contribution in [2.24, 2.45) is 5.92 Å². The predicted octanol–water partition coefficient (Wildman–Crippen LogP) is 5.84. The minimum atomic E-state index is 0.401. The quantitative estimate of drug-likeness (QED) is 0.708. The summed E-state index contributed by atoms with van der Waals surface area (Å²) < 4.78 is 5.85. The lowest BCUT2D eigenvalue weighted by molar-refractivity contribution is 0.351. The van der Waals surface area contributed by atoms with Crippen LogP contribution in [0, 0.1) is 12.8 Å². The maximum Gasteiger partial charge on any atom is 0.120 e. The maximum atomic E-state index is 5.85. The first-order valence-corrected chi connectivity index (χ1v) is 9.34. The van der Waals surface area contributed by atoms with E-state index in [9.17, 15) is 0 Å². The number of benzene rings is 1. The summed E-state index contributed by atoms with van der Waals surface area (Å²) in [4.78, 5) is 2.82. The van der Waals surface area contributed by atoms with Gasteiger partial charge in [0, 0.05) is 21.4 Å². The summed E-state index contributed by atoms with van der Waals surface area (Å²) in [6, 6.07) is 11.3. The third-order valence-electron chi connectivity index (χ3n) is 4.89. The molecule has 0 fully saturated rings. The number of aryl methyl sites for hydroxylation is 1. The number of ether oxygens (including phenoxy) is 1. The molecule has 3 atom stereocenters. The van der Waals surface area contributed by atoms with Crippen molar-refractivity contribution in [1.82, 2.24) is 0 Å². The van der Waals surface area contributed by atoms with E-state index < -0.39 is 0 Å². The van der Waals surface area contributed by atoms with E-state index in [0.29, 0.717) is 24.5 Å². The molecule has 2 aliphatic rings. The Bertz CT molecular complexity index is 804. The summed E-state index contributed by atoms with van der Waals surface area (Å²) in [7, 11) is 0. The van der Waals surface area contributed by atoms with Crippen LogP contribution in [0.5, 0.6) is 5.75 Å². The van der Waals surface area contributed by atoms with Gasteiger partial charge in [-0.2, -0.15) is 0 Å². The van der Waals surface area contributed by atoms with Crippen molar-refractivity contribution in [3.8, 4) is 5.75 Å². The molecule has 0 amide bonds. The number of allylic oxidation sites excluding steroid dienone is 2. The van der Waals surface area contributed by atoms with Gasteiger partial charge in [0.05, 0.1) is 6.04 Å². The lowest BCUT2D eigenvalue weighted by atomic mass is 9.79. The van der Waals surface area contributed by atoms with Gasteiger partial charge in [-0.05, 0) is 67.7 Å². The standard InChI is InChI=1S/C21H23NOS/c1-13(2)12-23-15-8-9-19-18(11-15)16-5-4-6-17(16)21(22-19)20-10-7-14(3)24-20/h4-5,7-11,16-17,21-22H,1,6,12H2,2-3H3. The number of hydrogen-bond donors (Lipinski definition) is 1. The van der Waals surface area contributed by atoms with Crippen molar-refractivity contribution in [2.45, 2.75) is 32.2 Å². The van der Waals surface area contributed by atoms with Crippen molar-refractivity contribution < 1.29 is 4.74 Å². The van der Waals surface area contributed by atoms with Crippen LogP contribution in [0.4, 0.5) is 5.69 Å². The molecule has 0 saturated heterocycles. The summed E-state index contributed by atoms with van der Waals surface area (Å²) in [5.41, 5.74) is 3.64. The van der Waals surface area contributed by atoms with E-state index in [4.69, 9.17) is 4.74 Å². The SMILES string of the molecule is C=C(C)COc1ccc2c(c1)C1C=CCC1C(c1ccc(C)s1)N2. The fraction of sp³-hybridized carbons (Fsp3) is 0.333. The Balaban J connectivity index is 1.66. The van der Waals surface area contributed by atoms with E-state index in [0.717, 1.165) is 17.7 Å². The van der Waals surface area contributed by atoms with E-state index in [-0.39, 0.29) is 0 Å². The Hall–Kier alpha value is -2.00. The van der Waals surface area contributed by atoms with Crippen molar-refractivity contribution in [2.75, 3.05) is 11.9 Å². The van der Waals surface area contributed by atoms with E-state index in [1.54, 1.807) is 0 Å². The van der Waals surface area contributed by atoms with Crippen molar-refractivity contribution in [1.29, 1.82) is 0 Å². The molecule has 2 nitrogen and oxygen atoms in total. The van der Waals surface area contributed by atoms with Crippen LogP contribution in [0.25, 0.3) is 0 Å². The Morgan fingerprint density at radius 2 is 2.21 bits per heavy atom. The van der Waals surface area contributed by atoms with Gasteiger partial charge >= 0.3 is 0 Å². The lowest BCUT2D eigenvalue weighted by Gasteiger charge is -2.37. The normalized spacial score (nSPS) is 24.2. The molecule has 0 saturated carbocycles. The zero-order valence-electron chi connectivity index (χ0n) is 14.2. The molecule has 3 unspecified atom stereocenters. The highest BCUT2D eigenvalue weighted by Crippen LogP contribution is 2.51. The van der Waals surface area contributed by atoms with Gasteiger partial charge in [0.15, 0.2) is 0 Å². The molecule has 1 aromatic carbocycles. The van der Waals surface area contributed by atoms with E-state index >= 15 is 0 Å². The van der Waals surface area contributed by atoms with Crippen LogP contribution in [0.3, 0.4) is 0 Å². The van der Waals surface area contributed by atoms with Crippen LogP contribution >= 0.6 is 11.3 Å². The van der Waals surface area contributed by atoms with Crippen LogP contribution in [0.2, 0.25) is 0 Å². The fourth-order valence-corrected chi connectivity index (χ4v) is 4.78. The molecule has 124 valence electrons. The number of nitrogens with one attached hydrogen (secondary N) is 1. The van der Waals surface area contributed by atoms with Gasteiger partial charge in [0.25, 0.3) is 0 Å². The van der Waals surface area contributed by atoms with E-state index in [1.807, 2.05) is 18.3 Å². The number of thiophene rings is 1. The highest BCUT2D eigenvalue weighted by atomic mass is 32.1. The van der Waals surface area contributed by atoms with Gasteiger partial charge in [0.2, 0.25) is 0 Å². The molecule has 4 rings (SSSR count). The van der Waals surface area contributed by atoms with Crippen LogP contribution in [-0.4, -0.2) is 6.61 Å². The smallest absolute Gasteiger partial charge is 0.120 e. The maximum absolute atomic E-state index is 5.85. The zero-order chi connectivity index (χ0) is 16.7. The van der Waals surface area contributed by atoms with Gasteiger partial charge in [0.1, 0.15) is 12.4 Å². The number of anilines is 1. The first-order chi connectivity index (χ1) is 11.6. The molecule has 3 heteroatoms. The average Bonchev–Trinajstić information content (AvgIpc) is 3.21. The molecule has 1 N–H and O–H groups in total. The molecular formula is C21H23NOS. The lowest BCUT2D eigenvalue weighted by Crippen LogP contribution is -2.28. The third kappa shape index (κ3) is 2.78. The largest absolute Gasteiger partial charge is 0.489 e. The van der Waals surface area contributed by atoms with E-state index in [1.165, 1.54) is 21.0 Å². The highest BCUT2D eigenvalue weighted by molar-refractivity contribution is 7.12. The molecule has 2 aromatic rings.